The van der Waals surface area contributed by atoms with Crippen molar-refractivity contribution in [2.75, 3.05) is 11.9 Å². The number of nitrogens with one attached hydrogen (secondary N) is 1. The molecule has 1 aliphatic rings. The molecular weight excluding hydrogens is 202 g/mol. The molecule has 1 atom stereocenters. The molecule has 0 spiro atoms. The van der Waals surface area contributed by atoms with E-state index in [9.17, 15) is 0 Å². The Morgan fingerprint density at radius 3 is 3.00 bits per heavy atom. The molecule has 16 heavy (non-hydrogen) atoms. The predicted molar refractivity (Wildman–Crippen MR) is 64.4 cm³/mol. The van der Waals surface area contributed by atoms with Gasteiger partial charge in [-0.25, -0.2) is 0 Å². The maximum atomic E-state index is 8.80. The second kappa shape index (κ2) is 5.34. The van der Waals surface area contributed by atoms with Crippen LogP contribution < -0.4 is 5.32 Å². The van der Waals surface area contributed by atoms with E-state index >= 15 is 0 Å². The fourth-order valence-corrected chi connectivity index (χ4v) is 2.50. The molecule has 1 aromatic rings. The van der Waals surface area contributed by atoms with Crippen LogP contribution in [0, 0.1) is 5.92 Å². The Balaban J connectivity index is 1.87. The van der Waals surface area contributed by atoms with E-state index in [0.717, 1.165) is 11.6 Å². The lowest BCUT2D eigenvalue weighted by molar-refractivity contribution is 0.269. The number of aromatic nitrogens is 2. The molecule has 0 aliphatic heterocycles. The highest BCUT2D eigenvalue weighted by atomic mass is 16.3. The maximum absolute atomic E-state index is 8.80. The highest BCUT2D eigenvalue weighted by Gasteiger charge is 2.21. The monoisotopic (exact) mass is 223 g/mol. The molecule has 1 heterocycles. The quantitative estimate of drug-likeness (QED) is 0.801. The third-order valence-corrected chi connectivity index (χ3v) is 3.46. The van der Waals surface area contributed by atoms with Crippen LogP contribution in [0.5, 0.6) is 0 Å². The summed E-state index contributed by atoms with van der Waals surface area (Å²) in [4.78, 5) is 0. The summed E-state index contributed by atoms with van der Waals surface area (Å²) in [6, 6.07) is 0.522. The summed E-state index contributed by atoms with van der Waals surface area (Å²) < 4.78 is 1.77. The number of hydrogen-bond acceptors (Lipinski definition) is 3. The fourth-order valence-electron chi connectivity index (χ4n) is 2.50. The molecule has 0 bridgehead atoms. The molecule has 0 aromatic carbocycles. The summed E-state index contributed by atoms with van der Waals surface area (Å²) in [5.41, 5.74) is 1.06. The van der Waals surface area contributed by atoms with Gasteiger partial charge in [-0.15, -0.1) is 0 Å². The normalized spacial score (nSPS) is 18.9. The summed E-state index contributed by atoms with van der Waals surface area (Å²) in [5.74, 6) is 0.807. The lowest BCUT2D eigenvalue weighted by atomic mass is 10.00. The summed E-state index contributed by atoms with van der Waals surface area (Å²) in [7, 11) is 0. The molecule has 4 heteroatoms. The molecule has 2 rings (SSSR count). The number of rotatable bonds is 5. The van der Waals surface area contributed by atoms with Gasteiger partial charge in [0.15, 0.2) is 0 Å². The Labute approximate surface area is 96.7 Å². The molecule has 4 nitrogen and oxygen atoms in total. The van der Waals surface area contributed by atoms with Gasteiger partial charge in [0.05, 0.1) is 25.0 Å². The van der Waals surface area contributed by atoms with Crippen molar-refractivity contribution >= 4 is 5.69 Å². The van der Waals surface area contributed by atoms with Crippen molar-refractivity contribution in [3.63, 3.8) is 0 Å². The smallest absolute Gasteiger partial charge is 0.0728 e. The summed E-state index contributed by atoms with van der Waals surface area (Å²) in [6.45, 7) is 2.96. The van der Waals surface area contributed by atoms with E-state index in [1.165, 1.54) is 25.7 Å². The summed E-state index contributed by atoms with van der Waals surface area (Å²) in [6.07, 6.45) is 9.24. The van der Waals surface area contributed by atoms with Crippen LogP contribution in [0.15, 0.2) is 12.4 Å². The van der Waals surface area contributed by atoms with Crippen molar-refractivity contribution in [2.24, 2.45) is 5.92 Å². The Kier molecular flexibility index (Phi) is 3.83. The maximum Gasteiger partial charge on any atom is 0.0728 e. The van der Waals surface area contributed by atoms with E-state index in [4.69, 9.17) is 5.11 Å². The first-order valence-corrected chi connectivity index (χ1v) is 6.19. The van der Waals surface area contributed by atoms with Crippen LogP contribution in [0.1, 0.15) is 32.6 Å². The Bertz CT molecular complexity index is 318. The van der Waals surface area contributed by atoms with Crippen LogP contribution in [0.3, 0.4) is 0 Å². The van der Waals surface area contributed by atoms with Crippen LogP contribution in [-0.4, -0.2) is 27.5 Å². The van der Waals surface area contributed by atoms with E-state index in [1.54, 1.807) is 4.68 Å². The lowest BCUT2D eigenvalue weighted by Gasteiger charge is -2.20. The lowest BCUT2D eigenvalue weighted by Crippen LogP contribution is -2.23. The van der Waals surface area contributed by atoms with Gasteiger partial charge in [0.2, 0.25) is 0 Å². The van der Waals surface area contributed by atoms with E-state index in [1.807, 2.05) is 12.4 Å². The average Bonchev–Trinajstić information content (AvgIpc) is 2.89. The minimum atomic E-state index is 0.138. The van der Waals surface area contributed by atoms with Crippen LogP contribution in [0.2, 0.25) is 0 Å². The SMILES string of the molecule is CC(Nc1cnn(CCO)c1)C1CCCC1. The first kappa shape index (κ1) is 11.5. The molecule has 0 saturated heterocycles. The molecule has 1 fully saturated rings. The Morgan fingerprint density at radius 1 is 1.56 bits per heavy atom. The van der Waals surface area contributed by atoms with E-state index < -0.39 is 0 Å². The molecule has 0 amide bonds. The summed E-state index contributed by atoms with van der Waals surface area (Å²) >= 11 is 0. The van der Waals surface area contributed by atoms with Crippen LogP contribution in [0.4, 0.5) is 5.69 Å². The molecule has 1 unspecified atom stereocenters. The number of anilines is 1. The zero-order valence-electron chi connectivity index (χ0n) is 9.89. The second-order valence-electron chi connectivity index (χ2n) is 4.69. The van der Waals surface area contributed by atoms with Crippen molar-refractivity contribution in [3.05, 3.63) is 12.4 Å². The third-order valence-electron chi connectivity index (χ3n) is 3.46. The Hall–Kier alpha value is -1.03. The number of aliphatic hydroxyl groups is 1. The Morgan fingerprint density at radius 2 is 2.31 bits per heavy atom. The zero-order chi connectivity index (χ0) is 11.4. The number of aliphatic hydroxyl groups excluding tert-OH is 1. The van der Waals surface area contributed by atoms with Crippen molar-refractivity contribution in [1.29, 1.82) is 0 Å². The fraction of sp³-hybridized carbons (Fsp3) is 0.750. The average molecular weight is 223 g/mol. The topological polar surface area (TPSA) is 50.1 Å². The van der Waals surface area contributed by atoms with Gasteiger partial charge in [-0.3, -0.25) is 4.68 Å². The van der Waals surface area contributed by atoms with Gasteiger partial charge in [-0.1, -0.05) is 12.8 Å². The molecule has 2 N–H and O–H groups in total. The molecule has 1 aromatic heterocycles. The zero-order valence-corrected chi connectivity index (χ0v) is 9.89. The van der Waals surface area contributed by atoms with Crippen molar-refractivity contribution < 1.29 is 5.11 Å². The highest BCUT2D eigenvalue weighted by molar-refractivity contribution is 5.39. The van der Waals surface area contributed by atoms with Gasteiger partial charge in [-0.2, -0.15) is 5.10 Å². The first-order chi connectivity index (χ1) is 7.79. The van der Waals surface area contributed by atoms with Crippen LogP contribution in [0.25, 0.3) is 0 Å². The second-order valence-corrected chi connectivity index (χ2v) is 4.69. The summed E-state index contributed by atoms with van der Waals surface area (Å²) in [5, 5.41) is 16.5. The predicted octanol–water partition coefficient (Wildman–Crippen LogP) is 1.87. The van der Waals surface area contributed by atoms with Gasteiger partial charge < -0.3 is 10.4 Å². The molecule has 90 valence electrons. The number of nitrogens with zero attached hydrogens (tertiary/aromatic N) is 2. The van der Waals surface area contributed by atoms with Gasteiger partial charge in [0.25, 0.3) is 0 Å². The highest BCUT2D eigenvalue weighted by Crippen LogP contribution is 2.29. The van der Waals surface area contributed by atoms with Gasteiger partial charge in [0, 0.05) is 12.2 Å². The minimum absolute atomic E-state index is 0.138. The van der Waals surface area contributed by atoms with Crippen LogP contribution >= 0.6 is 0 Å². The van der Waals surface area contributed by atoms with E-state index in [0.29, 0.717) is 12.6 Å². The molecule has 0 radical (unpaired) electrons. The van der Waals surface area contributed by atoms with Gasteiger partial charge in [0.1, 0.15) is 0 Å². The minimum Gasteiger partial charge on any atom is -0.394 e. The van der Waals surface area contributed by atoms with E-state index in [-0.39, 0.29) is 6.61 Å². The molecular formula is C12H21N3O. The molecule has 1 aliphatic carbocycles. The van der Waals surface area contributed by atoms with Gasteiger partial charge >= 0.3 is 0 Å². The largest absolute Gasteiger partial charge is 0.394 e. The van der Waals surface area contributed by atoms with Gasteiger partial charge in [-0.05, 0) is 25.7 Å². The van der Waals surface area contributed by atoms with Crippen molar-refractivity contribution in [3.8, 4) is 0 Å². The van der Waals surface area contributed by atoms with Crippen molar-refractivity contribution in [1.82, 2.24) is 9.78 Å². The first-order valence-electron chi connectivity index (χ1n) is 6.19. The standard InChI is InChI=1S/C12H21N3O/c1-10(11-4-2-3-5-11)14-12-8-13-15(9-12)6-7-16/h8-11,14,16H,2-7H2,1H3. The van der Waals surface area contributed by atoms with E-state index in [2.05, 4.69) is 17.3 Å². The third kappa shape index (κ3) is 2.76. The van der Waals surface area contributed by atoms with Crippen LogP contribution in [-0.2, 0) is 6.54 Å². The van der Waals surface area contributed by atoms with Crippen molar-refractivity contribution in [2.45, 2.75) is 45.2 Å². The number of hydrogen-bond donors (Lipinski definition) is 2. The molecule has 1 saturated carbocycles.